The molecular formula is C51H73ClN2O9. The zero-order chi connectivity index (χ0) is 46.5. The first-order chi connectivity index (χ1) is 29.2. The zero-order valence-electron chi connectivity index (χ0n) is 39.8. The van der Waals surface area contributed by atoms with E-state index in [9.17, 15) is 29.1 Å². The zero-order valence-corrected chi connectivity index (χ0v) is 40.6. The number of hydrogen-bond donors (Lipinski definition) is 3. The summed E-state index contributed by atoms with van der Waals surface area (Å²) in [6.07, 6.45) is 7.44. The van der Waals surface area contributed by atoms with Gasteiger partial charge in [-0.15, -0.1) is 0 Å². The van der Waals surface area contributed by atoms with Crippen molar-refractivity contribution in [3.05, 3.63) is 39.9 Å². The Morgan fingerprint density at radius 2 is 1.57 bits per heavy atom. The third-order valence-electron chi connectivity index (χ3n) is 18.6. The third kappa shape index (κ3) is 7.45. The van der Waals surface area contributed by atoms with E-state index in [0.717, 1.165) is 56.1 Å². The summed E-state index contributed by atoms with van der Waals surface area (Å²) in [4.78, 5) is 68.2. The number of esters is 1. The maximum atomic E-state index is 14.6. The van der Waals surface area contributed by atoms with Gasteiger partial charge in [-0.1, -0.05) is 73.9 Å². The molecule has 0 saturated heterocycles. The van der Waals surface area contributed by atoms with E-state index < -0.39 is 40.2 Å². The second-order valence-corrected chi connectivity index (χ2v) is 23.5. The van der Waals surface area contributed by atoms with E-state index >= 15 is 0 Å². The monoisotopic (exact) mass is 893 g/mol. The molecule has 1 aromatic rings. The van der Waals surface area contributed by atoms with Crippen LogP contribution in [0.5, 0.6) is 5.75 Å². The van der Waals surface area contributed by atoms with E-state index in [1.54, 1.807) is 39.2 Å². The van der Waals surface area contributed by atoms with E-state index in [0.29, 0.717) is 42.1 Å². The molecular weight excluding hydrogens is 820 g/mol. The van der Waals surface area contributed by atoms with Gasteiger partial charge in [0.25, 0.3) is 5.91 Å². The number of carbonyl (C=O) groups is 5. The van der Waals surface area contributed by atoms with Crippen LogP contribution in [0, 0.1) is 62.6 Å². The standard InChI is InChI=1S/C51H73ClN2O9/c1-28(2)39-34(55)27-51(54-44(60)47(7,8)53-41(56)30-14-13-29(52)25-35(30)62-24-23-61-12)22-21-49(10)31(40(39)51)15-16-37-48(9)19-18-38(46(5,6)36(48)17-20-50(37,49)11)63-43(59)33-26-32(42(57)58)45(33,3)4/h13-14,25,28,31-33,36-38H,15-24,26-27H2,1-12H3,(H,53,56)(H,54,60)(H,57,58)/t31-,32+,33-,36+,37-,38+,48+,49-,50-,51-/m1/s1. The quantitative estimate of drug-likeness (QED) is 0.137. The summed E-state index contributed by atoms with van der Waals surface area (Å²) in [6, 6.07) is 4.78. The van der Waals surface area contributed by atoms with Crippen molar-refractivity contribution in [3.63, 3.8) is 0 Å². The van der Waals surface area contributed by atoms with Crippen molar-refractivity contribution in [3.8, 4) is 5.75 Å². The first-order valence-electron chi connectivity index (χ1n) is 23.5. The van der Waals surface area contributed by atoms with Gasteiger partial charge in [-0.3, -0.25) is 24.0 Å². The summed E-state index contributed by atoms with van der Waals surface area (Å²) in [7, 11) is 1.57. The van der Waals surface area contributed by atoms with Gasteiger partial charge in [-0.05, 0) is 146 Å². The molecule has 0 aliphatic heterocycles. The molecule has 7 rings (SSSR count). The highest BCUT2D eigenvalue weighted by Gasteiger charge is 2.71. The molecule has 3 N–H and O–H groups in total. The molecule has 63 heavy (non-hydrogen) atoms. The molecule has 348 valence electrons. The average Bonchev–Trinajstić information content (AvgIpc) is 3.47. The van der Waals surface area contributed by atoms with Gasteiger partial charge in [0, 0.05) is 24.0 Å². The van der Waals surface area contributed by atoms with E-state index in [1.807, 2.05) is 13.8 Å². The Labute approximate surface area is 379 Å². The molecule has 11 nitrogen and oxygen atoms in total. The number of methoxy groups -OCH3 is 1. The fourth-order valence-electron chi connectivity index (χ4n) is 14.7. The SMILES string of the molecule is COCCOc1cc(Cl)ccc1C(=O)NC(C)(C)C(=O)N[C@@]12CC[C@]3(C)[C@H](CC[C@@H]4[C@@]5(C)CC[C@H](OC(=O)[C@H]6C[C@@H](C(=O)O)C6(C)C)C(C)(C)[C@@H]5CC[C@]43C)C1=C(C(C)C)C(=O)C2. The number of fused-ring (bicyclic) bond motifs is 7. The lowest BCUT2D eigenvalue weighted by molar-refractivity contribution is -0.235. The van der Waals surface area contributed by atoms with Gasteiger partial charge in [0.15, 0.2) is 5.78 Å². The smallest absolute Gasteiger partial charge is 0.309 e. The summed E-state index contributed by atoms with van der Waals surface area (Å²) >= 11 is 6.26. The fourth-order valence-corrected chi connectivity index (χ4v) is 14.9. The molecule has 5 fully saturated rings. The fraction of sp³-hybridized carbons (Fsp3) is 0.745. The van der Waals surface area contributed by atoms with Gasteiger partial charge in [0.1, 0.15) is 24.0 Å². The Hall–Kier alpha value is -3.44. The number of nitrogens with one attached hydrogen (secondary N) is 2. The molecule has 10 atom stereocenters. The predicted molar refractivity (Wildman–Crippen MR) is 241 cm³/mol. The summed E-state index contributed by atoms with van der Waals surface area (Å²) in [5, 5.41) is 16.5. The first kappa shape index (κ1) is 47.5. The van der Waals surface area contributed by atoms with Crippen molar-refractivity contribution in [1.29, 1.82) is 0 Å². The highest BCUT2D eigenvalue weighted by Crippen LogP contribution is 2.76. The predicted octanol–water partition coefficient (Wildman–Crippen LogP) is 9.38. The van der Waals surface area contributed by atoms with Crippen molar-refractivity contribution >= 4 is 41.1 Å². The summed E-state index contributed by atoms with van der Waals surface area (Å²) in [6.45, 7) is 23.9. The summed E-state index contributed by atoms with van der Waals surface area (Å²) in [5.74, 6) is -1.66. The van der Waals surface area contributed by atoms with Gasteiger partial charge in [0.05, 0.1) is 29.5 Å². The Bertz CT molecular complexity index is 2090. The Kier molecular flexibility index (Phi) is 12.2. The lowest BCUT2D eigenvalue weighted by Crippen LogP contribution is -2.68. The Morgan fingerprint density at radius 1 is 0.873 bits per heavy atom. The summed E-state index contributed by atoms with van der Waals surface area (Å²) < 4.78 is 17.4. The van der Waals surface area contributed by atoms with Crippen LogP contribution in [-0.2, 0) is 28.7 Å². The minimum absolute atomic E-state index is 0.00202. The van der Waals surface area contributed by atoms with Crippen LogP contribution in [0.4, 0.5) is 0 Å². The molecule has 0 bridgehead atoms. The normalized spacial score (nSPS) is 36.5. The summed E-state index contributed by atoms with van der Waals surface area (Å²) in [5.41, 5.74) is -1.04. The van der Waals surface area contributed by atoms with Crippen LogP contribution in [-0.4, -0.2) is 72.1 Å². The van der Waals surface area contributed by atoms with Crippen LogP contribution < -0.4 is 15.4 Å². The van der Waals surface area contributed by atoms with Crippen molar-refractivity contribution < 1.29 is 43.3 Å². The number of carbonyl (C=O) groups excluding carboxylic acids is 4. The number of hydrogen-bond acceptors (Lipinski definition) is 8. The number of carboxylic acids is 1. The second kappa shape index (κ2) is 16.2. The number of ether oxygens (including phenoxy) is 3. The molecule has 0 radical (unpaired) electrons. The number of Topliss-reactive ketones (excluding diaryl/α,β-unsaturated/α-hetero) is 1. The first-order valence-corrected chi connectivity index (χ1v) is 23.9. The molecule has 0 unspecified atom stereocenters. The largest absolute Gasteiger partial charge is 0.490 e. The number of allylic oxidation sites excluding steroid dienone is 1. The molecule has 0 aromatic heterocycles. The number of ketones is 1. The van der Waals surface area contributed by atoms with Crippen LogP contribution in [0.25, 0.3) is 0 Å². The van der Waals surface area contributed by atoms with Crippen LogP contribution in [0.2, 0.25) is 5.02 Å². The van der Waals surface area contributed by atoms with Crippen LogP contribution >= 0.6 is 11.6 Å². The van der Waals surface area contributed by atoms with Crippen molar-refractivity contribution in [2.24, 2.45) is 62.6 Å². The van der Waals surface area contributed by atoms with Gasteiger partial charge in [0.2, 0.25) is 5.91 Å². The lowest BCUT2D eigenvalue weighted by atomic mass is 9.33. The van der Waals surface area contributed by atoms with Crippen molar-refractivity contribution in [2.75, 3.05) is 20.3 Å². The topological polar surface area (TPSA) is 157 Å². The number of benzene rings is 1. The van der Waals surface area contributed by atoms with Crippen molar-refractivity contribution in [2.45, 2.75) is 158 Å². The third-order valence-corrected chi connectivity index (χ3v) is 18.8. The highest BCUT2D eigenvalue weighted by molar-refractivity contribution is 6.30. The molecule has 1 aromatic carbocycles. The van der Waals surface area contributed by atoms with Gasteiger partial charge in [-0.2, -0.15) is 0 Å². The number of rotatable bonds is 12. The minimum atomic E-state index is -1.34. The Morgan fingerprint density at radius 3 is 2.21 bits per heavy atom. The lowest BCUT2D eigenvalue weighted by Gasteiger charge is -2.72. The molecule has 0 heterocycles. The Balaban J connectivity index is 1.12. The van der Waals surface area contributed by atoms with Gasteiger partial charge in [-0.25, -0.2) is 0 Å². The molecule has 0 spiro atoms. The minimum Gasteiger partial charge on any atom is -0.490 e. The second-order valence-electron chi connectivity index (χ2n) is 23.1. The average molecular weight is 894 g/mol. The molecule has 6 aliphatic carbocycles. The number of carboxylic acid groups (broad SMARTS) is 1. The van der Waals surface area contributed by atoms with Crippen LogP contribution in [0.15, 0.2) is 29.3 Å². The van der Waals surface area contributed by atoms with Crippen LogP contribution in [0.1, 0.15) is 151 Å². The maximum Gasteiger partial charge on any atom is 0.309 e. The molecule has 5 saturated carbocycles. The van der Waals surface area contributed by atoms with Crippen LogP contribution in [0.3, 0.4) is 0 Å². The van der Waals surface area contributed by atoms with E-state index in [-0.39, 0.29) is 75.9 Å². The van der Waals surface area contributed by atoms with Gasteiger partial charge >= 0.3 is 11.9 Å². The van der Waals surface area contributed by atoms with Gasteiger partial charge < -0.3 is 30.0 Å². The van der Waals surface area contributed by atoms with E-state index in [1.165, 1.54) is 0 Å². The number of amides is 2. The highest BCUT2D eigenvalue weighted by atomic mass is 35.5. The molecule has 12 heteroatoms. The van der Waals surface area contributed by atoms with E-state index in [2.05, 4.69) is 59.1 Å². The van der Waals surface area contributed by atoms with Crippen molar-refractivity contribution in [1.82, 2.24) is 10.6 Å². The number of aliphatic carboxylic acids is 1. The van der Waals surface area contributed by atoms with E-state index in [4.69, 9.17) is 25.8 Å². The maximum absolute atomic E-state index is 14.6. The number of halogens is 1. The molecule has 6 aliphatic rings. The molecule has 2 amide bonds.